The standard InChI is InChI=1S/C5H6N2.C2H3N3S/c6-5-2-1-3-7-4-5;3-2-1-4-5-6-2/h1-4H,6H2;1H,3H2. The van der Waals surface area contributed by atoms with Crippen molar-refractivity contribution in [3.8, 4) is 0 Å². The van der Waals surface area contributed by atoms with Gasteiger partial charge in [-0.3, -0.25) is 4.98 Å². The lowest BCUT2D eigenvalue weighted by Gasteiger charge is -1.83. The summed E-state index contributed by atoms with van der Waals surface area (Å²) in [5.41, 5.74) is 11.2. The van der Waals surface area contributed by atoms with E-state index in [1.807, 2.05) is 0 Å². The molecule has 0 saturated heterocycles. The van der Waals surface area contributed by atoms with E-state index in [0.29, 0.717) is 10.7 Å². The fourth-order valence-corrected chi connectivity index (χ4v) is 0.834. The third kappa shape index (κ3) is 4.02. The fraction of sp³-hybridized carbons (Fsp3) is 0. The molecule has 0 amide bonds. The molecule has 0 aliphatic heterocycles. The van der Waals surface area contributed by atoms with E-state index in [-0.39, 0.29) is 0 Å². The summed E-state index contributed by atoms with van der Waals surface area (Å²) in [6, 6.07) is 3.60. The maximum absolute atomic E-state index is 5.30. The number of aromatic nitrogens is 3. The number of nitrogen functional groups attached to an aromatic ring is 2. The Hall–Kier alpha value is -1.69. The quantitative estimate of drug-likeness (QED) is 0.648. The van der Waals surface area contributed by atoms with E-state index in [1.165, 1.54) is 17.7 Å². The van der Waals surface area contributed by atoms with Crippen LogP contribution in [0.2, 0.25) is 0 Å². The van der Waals surface area contributed by atoms with Crippen molar-refractivity contribution >= 4 is 22.2 Å². The molecule has 2 aromatic rings. The number of rotatable bonds is 0. The van der Waals surface area contributed by atoms with Crippen LogP contribution in [-0.2, 0) is 0 Å². The number of anilines is 2. The summed E-state index contributed by atoms with van der Waals surface area (Å²) >= 11 is 1.19. The fourth-order valence-electron chi connectivity index (χ4n) is 0.551. The molecule has 0 aliphatic carbocycles. The van der Waals surface area contributed by atoms with Crippen LogP contribution in [0.1, 0.15) is 0 Å². The molecule has 0 atom stereocenters. The van der Waals surface area contributed by atoms with Crippen LogP contribution >= 0.6 is 11.5 Å². The molecule has 2 heterocycles. The van der Waals surface area contributed by atoms with Crippen molar-refractivity contribution in [2.45, 2.75) is 0 Å². The minimum absolute atomic E-state index is 0.662. The summed E-state index contributed by atoms with van der Waals surface area (Å²) in [5, 5.41) is 4.13. The number of hydrogen-bond acceptors (Lipinski definition) is 6. The lowest BCUT2D eigenvalue weighted by molar-refractivity contribution is 1.16. The highest BCUT2D eigenvalue weighted by molar-refractivity contribution is 7.09. The lowest BCUT2D eigenvalue weighted by Crippen LogP contribution is -1.82. The first kappa shape index (κ1) is 9.40. The van der Waals surface area contributed by atoms with Gasteiger partial charge in [-0.1, -0.05) is 4.49 Å². The van der Waals surface area contributed by atoms with Crippen molar-refractivity contribution in [1.29, 1.82) is 0 Å². The van der Waals surface area contributed by atoms with Gasteiger partial charge in [-0.05, 0) is 12.1 Å². The predicted octanol–water partition coefficient (Wildman–Crippen LogP) is 0.784. The van der Waals surface area contributed by atoms with Crippen LogP contribution in [0.3, 0.4) is 0 Å². The molecule has 0 aromatic carbocycles. The molecule has 68 valence electrons. The molecule has 6 heteroatoms. The van der Waals surface area contributed by atoms with Gasteiger partial charge in [0.25, 0.3) is 0 Å². The molecule has 13 heavy (non-hydrogen) atoms. The average molecular weight is 195 g/mol. The van der Waals surface area contributed by atoms with Crippen molar-refractivity contribution in [3.63, 3.8) is 0 Å². The van der Waals surface area contributed by atoms with Gasteiger partial charge < -0.3 is 11.5 Å². The molecule has 0 spiro atoms. The highest BCUT2D eigenvalue weighted by Gasteiger charge is 1.78. The lowest BCUT2D eigenvalue weighted by atomic mass is 10.4. The monoisotopic (exact) mass is 195 g/mol. The Morgan fingerprint density at radius 3 is 2.31 bits per heavy atom. The average Bonchev–Trinajstić information content (AvgIpc) is 2.58. The minimum Gasteiger partial charge on any atom is -0.397 e. The Kier molecular flexibility index (Phi) is 3.65. The van der Waals surface area contributed by atoms with Crippen molar-refractivity contribution in [1.82, 2.24) is 14.6 Å². The number of nitrogens with two attached hydrogens (primary N) is 2. The van der Waals surface area contributed by atoms with Crippen LogP contribution < -0.4 is 11.5 Å². The molecule has 2 rings (SSSR count). The molecule has 0 bridgehead atoms. The Balaban J connectivity index is 0.000000132. The van der Waals surface area contributed by atoms with E-state index in [2.05, 4.69) is 14.6 Å². The second kappa shape index (κ2) is 5.04. The summed E-state index contributed by atoms with van der Waals surface area (Å²) in [7, 11) is 0. The van der Waals surface area contributed by atoms with Crippen LogP contribution in [0, 0.1) is 0 Å². The third-order valence-electron chi connectivity index (χ3n) is 1.06. The number of nitrogens with zero attached hydrogens (tertiary/aromatic N) is 3. The molecule has 0 fully saturated rings. The van der Waals surface area contributed by atoms with E-state index in [0.717, 1.165) is 0 Å². The topological polar surface area (TPSA) is 90.7 Å². The van der Waals surface area contributed by atoms with Gasteiger partial charge in [0.05, 0.1) is 11.9 Å². The van der Waals surface area contributed by atoms with Crippen LogP contribution in [0.15, 0.2) is 30.7 Å². The highest BCUT2D eigenvalue weighted by atomic mass is 32.1. The Bertz CT molecular complexity index is 320. The summed E-state index contributed by atoms with van der Waals surface area (Å²) in [5.74, 6) is 0. The van der Waals surface area contributed by atoms with E-state index in [9.17, 15) is 0 Å². The number of hydrogen-bond donors (Lipinski definition) is 2. The predicted molar refractivity (Wildman–Crippen MR) is 53.0 cm³/mol. The zero-order chi connectivity index (χ0) is 9.52. The first-order valence-electron chi connectivity index (χ1n) is 3.47. The molecule has 4 N–H and O–H groups in total. The van der Waals surface area contributed by atoms with Crippen LogP contribution in [0.25, 0.3) is 0 Å². The van der Waals surface area contributed by atoms with Gasteiger partial charge >= 0.3 is 0 Å². The smallest absolute Gasteiger partial charge is 0.127 e. The summed E-state index contributed by atoms with van der Waals surface area (Å²) in [6.45, 7) is 0. The summed E-state index contributed by atoms with van der Waals surface area (Å²) in [4.78, 5) is 3.76. The van der Waals surface area contributed by atoms with Crippen LogP contribution in [-0.4, -0.2) is 14.6 Å². The second-order valence-corrected chi connectivity index (χ2v) is 2.92. The van der Waals surface area contributed by atoms with E-state index < -0.39 is 0 Å². The summed E-state index contributed by atoms with van der Waals surface area (Å²) < 4.78 is 3.49. The summed E-state index contributed by atoms with van der Waals surface area (Å²) in [6.07, 6.45) is 4.82. The Morgan fingerprint density at radius 1 is 1.23 bits per heavy atom. The maximum atomic E-state index is 5.30. The molecule has 5 nitrogen and oxygen atoms in total. The molecule has 2 aromatic heterocycles. The molecular weight excluding hydrogens is 186 g/mol. The van der Waals surface area contributed by atoms with E-state index >= 15 is 0 Å². The van der Waals surface area contributed by atoms with Gasteiger partial charge in [-0.25, -0.2) is 0 Å². The normalized spacial score (nSPS) is 8.62. The largest absolute Gasteiger partial charge is 0.397 e. The maximum Gasteiger partial charge on any atom is 0.127 e. The molecule has 0 saturated carbocycles. The van der Waals surface area contributed by atoms with Gasteiger partial charge in [0.1, 0.15) is 5.00 Å². The number of pyridine rings is 1. The SMILES string of the molecule is Nc1cccnc1.Nc1cnns1. The van der Waals surface area contributed by atoms with Crippen molar-refractivity contribution in [2.24, 2.45) is 0 Å². The molecule has 0 radical (unpaired) electrons. The van der Waals surface area contributed by atoms with Crippen molar-refractivity contribution in [3.05, 3.63) is 30.7 Å². The molecule has 0 aliphatic rings. The van der Waals surface area contributed by atoms with E-state index in [4.69, 9.17) is 11.5 Å². The minimum atomic E-state index is 0.662. The van der Waals surface area contributed by atoms with Gasteiger partial charge in [0, 0.05) is 23.9 Å². The zero-order valence-electron chi connectivity index (χ0n) is 6.79. The van der Waals surface area contributed by atoms with Gasteiger partial charge in [-0.2, -0.15) is 0 Å². The molecule has 0 unspecified atom stereocenters. The van der Waals surface area contributed by atoms with Gasteiger partial charge in [-0.15, -0.1) is 5.10 Å². The van der Waals surface area contributed by atoms with Crippen molar-refractivity contribution < 1.29 is 0 Å². The van der Waals surface area contributed by atoms with E-state index in [1.54, 1.807) is 24.5 Å². The van der Waals surface area contributed by atoms with Crippen LogP contribution in [0.5, 0.6) is 0 Å². The first-order valence-corrected chi connectivity index (χ1v) is 4.24. The second-order valence-electron chi connectivity index (χ2n) is 2.11. The first-order chi connectivity index (χ1) is 6.29. The zero-order valence-corrected chi connectivity index (χ0v) is 7.61. The third-order valence-corrected chi connectivity index (χ3v) is 1.55. The Labute approximate surface area is 79.6 Å². The van der Waals surface area contributed by atoms with Gasteiger partial charge in [0.2, 0.25) is 0 Å². The van der Waals surface area contributed by atoms with Gasteiger partial charge in [0.15, 0.2) is 0 Å². The highest BCUT2D eigenvalue weighted by Crippen LogP contribution is 1.99. The molecular formula is C7H9N5S. The van der Waals surface area contributed by atoms with Crippen molar-refractivity contribution in [2.75, 3.05) is 11.5 Å². The van der Waals surface area contributed by atoms with Crippen LogP contribution in [0.4, 0.5) is 10.7 Å². The Morgan fingerprint density at radius 2 is 2.08 bits per heavy atom.